The summed E-state index contributed by atoms with van der Waals surface area (Å²) in [5.41, 5.74) is 6.03. The van der Waals surface area contributed by atoms with E-state index >= 15 is 0 Å². The Morgan fingerprint density at radius 3 is 2.61 bits per heavy atom. The van der Waals surface area contributed by atoms with Gasteiger partial charge in [0.05, 0.1) is 16.6 Å². The van der Waals surface area contributed by atoms with Gasteiger partial charge in [0, 0.05) is 18.4 Å². The lowest BCUT2D eigenvalue weighted by molar-refractivity contribution is 0.847. The molecule has 0 spiro atoms. The average Bonchev–Trinajstić information content (AvgIpc) is 3.05. The quantitative estimate of drug-likeness (QED) is 0.529. The molecule has 0 aliphatic heterocycles. The van der Waals surface area contributed by atoms with Gasteiger partial charge in [0.1, 0.15) is 10.9 Å². The van der Waals surface area contributed by atoms with Crippen molar-refractivity contribution in [3.8, 4) is 11.4 Å². The Balaban J connectivity index is 2.13. The molecule has 4 aromatic rings. The van der Waals surface area contributed by atoms with E-state index in [0.29, 0.717) is 0 Å². The standard InChI is InChI=1S/C17H17N5S/c1-10-9-11(2)22-16(18-10)14(17(20-22)23-4)15-19-12-7-5-6-8-13(12)21(15)3/h5-9H,1-4H3. The Bertz CT molecular complexity index is 1040. The number of hydrogen-bond acceptors (Lipinski definition) is 4. The normalized spacial score (nSPS) is 11.7. The van der Waals surface area contributed by atoms with Gasteiger partial charge in [-0.05, 0) is 38.3 Å². The second-order valence-electron chi connectivity index (χ2n) is 5.64. The SMILES string of the molecule is CSc1nn2c(C)cc(C)nc2c1-c1nc2ccccc2n1C. The first-order valence-electron chi connectivity index (χ1n) is 7.43. The molecule has 0 fully saturated rings. The monoisotopic (exact) mass is 323 g/mol. The molecule has 3 aromatic heterocycles. The van der Waals surface area contributed by atoms with Crippen LogP contribution in [-0.2, 0) is 7.05 Å². The van der Waals surface area contributed by atoms with Crippen molar-refractivity contribution >= 4 is 28.4 Å². The summed E-state index contributed by atoms with van der Waals surface area (Å²) in [6.07, 6.45) is 2.04. The Hall–Kier alpha value is -2.34. The number of rotatable bonds is 2. The van der Waals surface area contributed by atoms with Gasteiger partial charge in [0.15, 0.2) is 5.65 Å². The highest BCUT2D eigenvalue weighted by Gasteiger charge is 2.21. The van der Waals surface area contributed by atoms with Gasteiger partial charge in [-0.1, -0.05) is 12.1 Å². The Labute approximate surface area is 138 Å². The van der Waals surface area contributed by atoms with Crippen LogP contribution in [0.25, 0.3) is 28.1 Å². The number of para-hydroxylation sites is 2. The van der Waals surface area contributed by atoms with Crippen LogP contribution >= 0.6 is 11.8 Å². The number of imidazole rings is 1. The number of benzene rings is 1. The van der Waals surface area contributed by atoms with Gasteiger partial charge in [0.25, 0.3) is 0 Å². The van der Waals surface area contributed by atoms with E-state index < -0.39 is 0 Å². The summed E-state index contributed by atoms with van der Waals surface area (Å²) in [7, 11) is 2.04. The second-order valence-corrected chi connectivity index (χ2v) is 6.44. The van der Waals surface area contributed by atoms with Crippen molar-refractivity contribution in [2.45, 2.75) is 18.9 Å². The highest BCUT2D eigenvalue weighted by Crippen LogP contribution is 2.34. The second kappa shape index (κ2) is 5.09. The van der Waals surface area contributed by atoms with Crippen LogP contribution in [0.4, 0.5) is 0 Å². The van der Waals surface area contributed by atoms with E-state index in [4.69, 9.17) is 15.1 Å². The topological polar surface area (TPSA) is 48.0 Å². The fraction of sp³-hybridized carbons (Fsp3) is 0.235. The molecule has 1 aromatic carbocycles. The zero-order valence-corrected chi connectivity index (χ0v) is 14.3. The van der Waals surface area contributed by atoms with E-state index in [-0.39, 0.29) is 0 Å². The molecule has 0 saturated carbocycles. The van der Waals surface area contributed by atoms with E-state index in [9.17, 15) is 0 Å². The molecular formula is C17H17N5S. The third-order valence-electron chi connectivity index (χ3n) is 4.07. The van der Waals surface area contributed by atoms with Crippen LogP contribution in [0.3, 0.4) is 0 Å². The van der Waals surface area contributed by atoms with Crippen molar-refractivity contribution in [2.24, 2.45) is 7.05 Å². The predicted octanol–water partition coefficient (Wildman–Crippen LogP) is 3.62. The fourth-order valence-corrected chi connectivity index (χ4v) is 3.56. The summed E-state index contributed by atoms with van der Waals surface area (Å²) in [6.45, 7) is 4.06. The molecule has 116 valence electrons. The van der Waals surface area contributed by atoms with Crippen LogP contribution in [0.15, 0.2) is 35.4 Å². The molecule has 0 saturated heterocycles. The minimum absolute atomic E-state index is 0.866. The number of nitrogens with zero attached hydrogens (tertiary/aromatic N) is 5. The maximum Gasteiger partial charge on any atom is 0.167 e. The molecule has 3 heterocycles. The zero-order chi connectivity index (χ0) is 16.1. The predicted molar refractivity (Wildman–Crippen MR) is 94.0 cm³/mol. The van der Waals surface area contributed by atoms with Gasteiger partial charge in [0.2, 0.25) is 0 Å². The average molecular weight is 323 g/mol. The van der Waals surface area contributed by atoms with Crippen molar-refractivity contribution in [1.82, 2.24) is 24.1 Å². The Morgan fingerprint density at radius 2 is 1.87 bits per heavy atom. The maximum absolute atomic E-state index is 4.83. The first kappa shape index (κ1) is 14.3. The highest BCUT2D eigenvalue weighted by atomic mass is 32.2. The van der Waals surface area contributed by atoms with Crippen molar-refractivity contribution in [3.05, 3.63) is 41.7 Å². The molecule has 0 N–H and O–H groups in total. The molecule has 4 rings (SSSR count). The first-order valence-corrected chi connectivity index (χ1v) is 8.65. The van der Waals surface area contributed by atoms with Crippen LogP contribution in [0.2, 0.25) is 0 Å². The fourth-order valence-electron chi connectivity index (χ4n) is 3.01. The van der Waals surface area contributed by atoms with Crippen molar-refractivity contribution < 1.29 is 0 Å². The van der Waals surface area contributed by atoms with E-state index in [1.54, 1.807) is 11.8 Å². The van der Waals surface area contributed by atoms with E-state index in [1.165, 1.54) is 0 Å². The first-order chi connectivity index (χ1) is 11.1. The summed E-state index contributed by atoms with van der Waals surface area (Å²) in [4.78, 5) is 9.56. The summed E-state index contributed by atoms with van der Waals surface area (Å²) in [5.74, 6) is 0.906. The van der Waals surface area contributed by atoms with Crippen molar-refractivity contribution in [3.63, 3.8) is 0 Å². The van der Waals surface area contributed by atoms with Gasteiger partial charge in [-0.25, -0.2) is 14.5 Å². The van der Waals surface area contributed by atoms with Crippen LogP contribution in [0, 0.1) is 13.8 Å². The van der Waals surface area contributed by atoms with Crippen LogP contribution in [0.5, 0.6) is 0 Å². The minimum atomic E-state index is 0.866. The summed E-state index contributed by atoms with van der Waals surface area (Å²) in [6, 6.07) is 10.2. The van der Waals surface area contributed by atoms with E-state index in [1.807, 2.05) is 49.0 Å². The van der Waals surface area contributed by atoms with Crippen molar-refractivity contribution in [2.75, 3.05) is 6.26 Å². The van der Waals surface area contributed by atoms with Crippen molar-refractivity contribution in [1.29, 1.82) is 0 Å². The molecule has 6 heteroatoms. The van der Waals surface area contributed by atoms with E-state index in [0.717, 1.165) is 44.5 Å². The Kier molecular flexibility index (Phi) is 3.16. The molecular weight excluding hydrogens is 306 g/mol. The third-order valence-corrected chi connectivity index (χ3v) is 4.74. The smallest absolute Gasteiger partial charge is 0.167 e. The van der Waals surface area contributed by atoms with Gasteiger partial charge in [-0.3, -0.25) is 0 Å². The lowest BCUT2D eigenvalue weighted by Crippen LogP contribution is -1.98. The van der Waals surface area contributed by atoms with Crippen LogP contribution < -0.4 is 0 Å². The third kappa shape index (κ3) is 2.05. The summed E-state index contributed by atoms with van der Waals surface area (Å²) in [5, 5.41) is 5.67. The molecule has 23 heavy (non-hydrogen) atoms. The van der Waals surface area contributed by atoms with Crippen LogP contribution in [0.1, 0.15) is 11.4 Å². The molecule has 5 nitrogen and oxygen atoms in total. The Morgan fingerprint density at radius 1 is 1.09 bits per heavy atom. The lowest BCUT2D eigenvalue weighted by Gasteiger charge is -2.04. The molecule has 0 unspecified atom stereocenters. The molecule has 0 aliphatic rings. The van der Waals surface area contributed by atoms with Gasteiger partial charge in [-0.2, -0.15) is 5.10 Å². The number of hydrogen-bond donors (Lipinski definition) is 0. The largest absolute Gasteiger partial charge is 0.327 e. The molecule has 0 atom stereocenters. The minimum Gasteiger partial charge on any atom is -0.327 e. The van der Waals surface area contributed by atoms with Gasteiger partial charge in [-0.15, -0.1) is 11.8 Å². The van der Waals surface area contributed by atoms with Gasteiger partial charge >= 0.3 is 0 Å². The van der Waals surface area contributed by atoms with Crippen LogP contribution in [-0.4, -0.2) is 30.4 Å². The highest BCUT2D eigenvalue weighted by molar-refractivity contribution is 7.98. The molecule has 0 aliphatic carbocycles. The molecule has 0 bridgehead atoms. The molecule has 0 radical (unpaired) electrons. The van der Waals surface area contributed by atoms with Gasteiger partial charge < -0.3 is 4.57 Å². The number of fused-ring (bicyclic) bond motifs is 2. The number of thioether (sulfide) groups is 1. The number of aromatic nitrogens is 5. The number of aryl methyl sites for hydroxylation is 3. The summed E-state index contributed by atoms with van der Waals surface area (Å²) >= 11 is 1.62. The lowest BCUT2D eigenvalue weighted by atomic mass is 10.3. The maximum atomic E-state index is 4.83. The summed E-state index contributed by atoms with van der Waals surface area (Å²) < 4.78 is 4.03. The van der Waals surface area contributed by atoms with E-state index in [2.05, 4.69) is 17.6 Å². The molecule has 0 amide bonds. The zero-order valence-electron chi connectivity index (χ0n) is 13.5.